The molecule has 0 saturated carbocycles. The highest BCUT2D eigenvalue weighted by atomic mass is 79.9. The van der Waals surface area contributed by atoms with Gasteiger partial charge in [0.1, 0.15) is 22.4 Å². The van der Waals surface area contributed by atoms with E-state index in [-0.39, 0.29) is 5.75 Å². The monoisotopic (exact) mass is 309 g/mol. The van der Waals surface area contributed by atoms with Crippen LogP contribution in [0, 0.1) is 0 Å². The summed E-state index contributed by atoms with van der Waals surface area (Å²) in [5.41, 5.74) is 5.54. The number of nitrogens with two attached hydrogens (primary N) is 2. The van der Waals surface area contributed by atoms with Crippen molar-refractivity contribution in [2.24, 2.45) is 5.14 Å². The lowest BCUT2D eigenvalue weighted by molar-refractivity contribution is 0.595. The van der Waals surface area contributed by atoms with E-state index >= 15 is 0 Å². The van der Waals surface area contributed by atoms with Gasteiger partial charge in [-0.3, -0.25) is 0 Å². The maximum absolute atomic E-state index is 10.7. The molecule has 1 rings (SSSR count). The molecule has 0 spiro atoms. The molecule has 0 aromatic carbocycles. The fourth-order valence-electron chi connectivity index (χ4n) is 0.987. The first-order chi connectivity index (χ1) is 7.40. The van der Waals surface area contributed by atoms with E-state index in [2.05, 4.69) is 31.2 Å². The fraction of sp³-hybridized carbons (Fsp3) is 0.429. The lowest BCUT2D eigenvalue weighted by Crippen LogP contribution is -2.19. The molecule has 0 aliphatic heterocycles. The summed E-state index contributed by atoms with van der Waals surface area (Å²) < 4.78 is 21.9. The van der Waals surface area contributed by atoms with Crippen LogP contribution in [0.15, 0.2) is 10.8 Å². The maximum Gasteiger partial charge on any atom is 0.209 e. The normalized spacial score (nSPS) is 11.4. The van der Waals surface area contributed by atoms with Crippen LogP contribution < -0.4 is 16.2 Å². The number of sulfonamides is 1. The highest BCUT2D eigenvalue weighted by Gasteiger charge is 2.06. The van der Waals surface area contributed by atoms with Crippen molar-refractivity contribution in [2.45, 2.75) is 6.42 Å². The lowest BCUT2D eigenvalue weighted by Gasteiger charge is -2.07. The van der Waals surface area contributed by atoms with Crippen LogP contribution in [0.1, 0.15) is 6.42 Å². The number of halogens is 1. The Balaban J connectivity index is 2.47. The number of nitrogen functional groups attached to an aromatic ring is 1. The summed E-state index contributed by atoms with van der Waals surface area (Å²) in [4.78, 5) is 7.71. The van der Waals surface area contributed by atoms with Crippen LogP contribution in [0.25, 0.3) is 0 Å². The third kappa shape index (κ3) is 4.29. The third-order valence-corrected chi connectivity index (χ3v) is 3.35. The van der Waals surface area contributed by atoms with Gasteiger partial charge >= 0.3 is 0 Å². The molecule has 0 amide bonds. The average Bonchev–Trinajstić information content (AvgIpc) is 2.17. The summed E-state index contributed by atoms with van der Waals surface area (Å²) in [7, 11) is -3.41. The Bertz CT molecular complexity index is 464. The number of primary sulfonamides is 1. The number of anilines is 2. The van der Waals surface area contributed by atoms with Crippen LogP contribution in [0.3, 0.4) is 0 Å². The first-order valence-corrected chi connectivity index (χ1v) is 6.91. The van der Waals surface area contributed by atoms with Crippen LogP contribution in [0.4, 0.5) is 11.6 Å². The number of aromatic nitrogens is 2. The highest BCUT2D eigenvalue weighted by molar-refractivity contribution is 9.10. The summed E-state index contributed by atoms with van der Waals surface area (Å²) in [6.07, 6.45) is 1.72. The van der Waals surface area contributed by atoms with E-state index in [9.17, 15) is 8.42 Å². The van der Waals surface area contributed by atoms with Gasteiger partial charge in [-0.25, -0.2) is 23.5 Å². The van der Waals surface area contributed by atoms with Crippen molar-refractivity contribution in [2.75, 3.05) is 23.3 Å². The minimum atomic E-state index is -3.41. The molecule has 0 aliphatic rings. The van der Waals surface area contributed by atoms with Crippen molar-refractivity contribution in [1.29, 1.82) is 0 Å². The van der Waals surface area contributed by atoms with Crippen molar-refractivity contribution in [1.82, 2.24) is 9.97 Å². The smallest absolute Gasteiger partial charge is 0.209 e. The fourth-order valence-corrected chi connectivity index (χ4v) is 1.88. The van der Waals surface area contributed by atoms with Gasteiger partial charge in [0.2, 0.25) is 10.0 Å². The molecule has 0 saturated heterocycles. The van der Waals surface area contributed by atoms with Gasteiger partial charge in [-0.05, 0) is 22.4 Å². The molecule has 0 atom stereocenters. The Morgan fingerprint density at radius 2 is 2.12 bits per heavy atom. The van der Waals surface area contributed by atoms with Gasteiger partial charge in [0.05, 0.1) is 5.75 Å². The molecule has 16 heavy (non-hydrogen) atoms. The van der Waals surface area contributed by atoms with Crippen LogP contribution in [-0.4, -0.2) is 30.7 Å². The maximum atomic E-state index is 10.7. The van der Waals surface area contributed by atoms with Gasteiger partial charge in [0.25, 0.3) is 0 Å². The van der Waals surface area contributed by atoms with Gasteiger partial charge in [0.15, 0.2) is 0 Å². The second kappa shape index (κ2) is 5.41. The molecule has 9 heteroatoms. The van der Waals surface area contributed by atoms with Gasteiger partial charge in [-0.1, -0.05) is 0 Å². The molecule has 1 heterocycles. The topological polar surface area (TPSA) is 124 Å². The number of nitrogens with one attached hydrogen (secondary N) is 1. The van der Waals surface area contributed by atoms with Gasteiger partial charge in [-0.15, -0.1) is 0 Å². The van der Waals surface area contributed by atoms with E-state index in [0.717, 1.165) is 0 Å². The highest BCUT2D eigenvalue weighted by Crippen LogP contribution is 2.23. The van der Waals surface area contributed by atoms with Crippen molar-refractivity contribution in [3.05, 3.63) is 10.8 Å². The van der Waals surface area contributed by atoms with Crippen LogP contribution >= 0.6 is 15.9 Å². The average molecular weight is 310 g/mol. The standard InChI is InChI=1S/C7H12BrN5O2S/c8-5-6(9)12-4-13-7(5)11-2-1-3-16(10,14)15/h4H,1-3H2,(H2,10,14,15)(H3,9,11,12,13). The van der Waals surface area contributed by atoms with Crippen molar-refractivity contribution >= 4 is 37.6 Å². The van der Waals surface area contributed by atoms with Crippen molar-refractivity contribution in [3.8, 4) is 0 Å². The van der Waals surface area contributed by atoms with Crippen LogP contribution in [0.2, 0.25) is 0 Å². The molecule has 1 aromatic rings. The van der Waals surface area contributed by atoms with Gasteiger partial charge < -0.3 is 11.1 Å². The summed E-state index contributed by atoms with van der Waals surface area (Å²) in [6, 6.07) is 0. The first kappa shape index (κ1) is 13.1. The van der Waals surface area contributed by atoms with Crippen LogP contribution in [-0.2, 0) is 10.0 Å². The van der Waals surface area contributed by atoms with Crippen molar-refractivity contribution in [3.63, 3.8) is 0 Å². The molecular weight excluding hydrogens is 298 g/mol. The minimum absolute atomic E-state index is 0.0712. The van der Waals surface area contributed by atoms with E-state index in [1.54, 1.807) is 0 Å². The third-order valence-electron chi connectivity index (χ3n) is 1.71. The molecule has 1 aromatic heterocycles. The Morgan fingerprint density at radius 1 is 1.44 bits per heavy atom. The zero-order valence-electron chi connectivity index (χ0n) is 8.35. The Morgan fingerprint density at radius 3 is 2.75 bits per heavy atom. The molecule has 0 unspecified atom stereocenters. The molecule has 7 nitrogen and oxygen atoms in total. The summed E-state index contributed by atoms with van der Waals surface area (Å²) in [5, 5.41) is 7.79. The van der Waals surface area contributed by atoms with E-state index in [4.69, 9.17) is 10.9 Å². The van der Waals surface area contributed by atoms with Gasteiger partial charge in [-0.2, -0.15) is 0 Å². The number of rotatable bonds is 5. The minimum Gasteiger partial charge on any atom is -0.383 e. The molecule has 0 aliphatic carbocycles. The van der Waals surface area contributed by atoms with Gasteiger partial charge in [0, 0.05) is 6.54 Å². The van der Waals surface area contributed by atoms with E-state index in [0.29, 0.717) is 29.1 Å². The Kier molecular flexibility index (Phi) is 4.44. The molecular formula is C7H12BrN5O2S. The summed E-state index contributed by atoms with van der Waals surface area (Å²) in [6.45, 7) is 0.436. The quantitative estimate of drug-likeness (QED) is 0.653. The predicted molar refractivity (Wildman–Crippen MR) is 65.2 cm³/mol. The van der Waals surface area contributed by atoms with E-state index in [1.807, 2.05) is 0 Å². The number of hydrogen-bond donors (Lipinski definition) is 3. The second-order valence-corrected chi connectivity index (χ2v) is 5.60. The first-order valence-electron chi connectivity index (χ1n) is 4.40. The number of hydrogen-bond acceptors (Lipinski definition) is 6. The Hall–Kier alpha value is -0.930. The van der Waals surface area contributed by atoms with E-state index in [1.165, 1.54) is 6.33 Å². The van der Waals surface area contributed by atoms with Crippen molar-refractivity contribution < 1.29 is 8.42 Å². The molecule has 90 valence electrons. The van der Waals surface area contributed by atoms with E-state index < -0.39 is 10.0 Å². The molecule has 0 bridgehead atoms. The molecule has 5 N–H and O–H groups in total. The largest absolute Gasteiger partial charge is 0.383 e. The number of nitrogens with zero attached hydrogens (tertiary/aromatic N) is 2. The SMILES string of the molecule is Nc1ncnc(NCCCS(N)(=O)=O)c1Br. The lowest BCUT2D eigenvalue weighted by atomic mass is 10.4. The molecule has 0 fully saturated rings. The predicted octanol–water partition coefficient (Wildman–Crippen LogP) is -0.0882. The zero-order chi connectivity index (χ0) is 12.2. The van der Waals surface area contributed by atoms with Crippen LogP contribution in [0.5, 0.6) is 0 Å². The Labute approximate surface area is 102 Å². The molecule has 0 radical (unpaired) electrons. The summed E-state index contributed by atoms with van der Waals surface area (Å²) in [5.74, 6) is 0.781. The zero-order valence-corrected chi connectivity index (χ0v) is 10.8. The second-order valence-electron chi connectivity index (χ2n) is 3.07. The summed E-state index contributed by atoms with van der Waals surface area (Å²) >= 11 is 3.22.